The van der Waals surface area contributed by atoms with Gasteiger partial charge in [-0.3, -0.25) is 4.79 Å². The fraction of sp³-hybridized carbons (Fsp3) is 0.833. The van der Waals surface area contributed by atoms with Crippen molar-refractivity contribution in [2.75, 3.05) is 0 Å². The Labute approximate surface area is 126 Å². The maximum Gasteiger partial charge on any atom is 0.155 e. The normalized spacial score (nSPS) is 36.4. The molecule has 0 aromatic rings. The van der Waals surface area contributed by atoms with Gasteiger partial charge in [-0.1, -0.05) is 41.5 Å². The molecule has 0 radical (unpaired) electrons. The highest BCUT2D eigenvalue weighted by atomic mass is 16.5. The highest BCUT2D eigenvalue weighted by Crippen LogP contribution is 2.51. The van der Waals surface area contributed by atoms with E-state index < -0.39 is 0 Å². The third kappa shape index (κ3) is 3.94. The highest BCUT2D eigenvalue weighted by Gasteiger charge is 2.52. The predicted molar refractivity (Wildman–Crippen MR) is 86.9 cm³/mol. The quantitative estimate of drug-likeness (QED) is 0.613. The standard InChI is InChI=1S/C12H16O2.3C2H6/c1-8-9-2-3-10-6-11(13)4-5-12(10,7-9)14-8;3*1-2/h4-5,8-10H,2-3,6-7H2,1H3;3*1-2H3. The van der Waals surface area contributed by atoms with Crippen LogP contribution in [0.15, 0.2) is 12.2 Å². The van der Waals surface area contributed by atoms with Gasteiger partial charge in [0, 0.05) is 6.42 Å². The number of allylic oxidation sites excluding steroid dienone is 1. The molecule has 3 rings (SSSR count). The lowest BCUT2D eigenvalue weighted by Crippen LogP contribution is -2.41. The number of hydrogen-bond donors (Lipinski definition) is 0. The summed E-state index contributed by atoms with van der Waals surface area (Å²) in [6, 6.07) is 0. The van der Waals surface area contributed by atoms with E-state index >= 15 is 0 Å². The van der Waals surface area contributed by atoms with E-state index in [4.69, 9.17) is 4.74 Å². The van der Waals surface area contributed by atoms with Crippen LogP contribution in [0.25, 0.3) is 0 Å². The molecule has 118 valence electrons. The summed E-state index contributed by atoms with van der Waals surface area (Å²) >= 11 is 0. The van der Waals surface area contributed by atoms with Gasteiger partial charge in [-0.2, -0.15) is 0 Å². The largest absolute Gasteiger partial charge is 0.367 e. The highest BCUT2D eigenvalue weighted by molar-refractivity contribution is 5.91. The van der Waals surface area contributed by atoms with Crippen molar-refractivity contribution in [3.8, 4) is 0 Å². The Balaban J connectivity index is 0.000000538. The van der Waals surface area contributed by atoms with Gasteiger partial charge in [0.15, 0.2) is 5.78 Å². The number of carbonyl (C=O) groups excluding carboxylic acids is 1. The second-order valence-corrected chi connectivity index (χ2v) is 5.02. The molecule has 3 aliphatic rings. The molecule has 2 bridgehead atoms. The summed E-state index contributed by atoms with van der Waals surface area (Å²) in [5.74, 6) is 1.47. The van der Waals surface area contributed by atoms with Crippen LogP contribution < -0.4 is 0 Å². The lowest BCUT2D eigenvalue weighted by atomic mass is 9.68. The minimum Gasteiger partial charge on any atom is -0.367 e. The molecular formula is C18H34O2. The zero-order valence-electron chi connectivity index (χ0n) is 14.5. The van der Waals surface area contributed by atoms with Crippen LogP contribution in [0, 0.1) is 11.8 Å². The first-order valence-corrected chi connectivity index (χ1v) is 8.59. The molecule has 1 heterocycles. The first kappa shape index (κ1) is 19.4. The van der Waals surface area contributed by atoms with E-state index in [1.54, 1.807) is 6.08 Å². The van der Waals surface area contributed by atoms with Gasteiger partial charge in [0.05, 0.1) is 11.7 Å². The molecule has 1 spiro atoms. The van der Waals surface area contributed by atoms with Crippen LogP contribution in [0.1, 0.15) is 74.1 Å². The molecule has 2 fully saturated rings. The average molecular weight is 282 g/mol. The van der Waals surface area contributed by atoms with E-state index in [-0.39, 0.29) is 11.4 Å². The molecule has 0 aromatic carbocycles. The Morgan fingerprint density at radius 1 is 1.10 bits per heavy atom. The Kier molecular flexibility index (Phi) is 9.04. The van der Waals surface area contributed by atoms with Crippen LogP contribution in [-0.2, 0) is 9.53 Å². The van der Waals surface area contributed by atoms with Crippen LogP contribution in [0.3, 0.4) is 0 Å². The number of ketones is 1. The second-order valence-electron chi connectivity index (χ2n) is 5.02. The number of rotatable bonds is 0. The third-order valence-electron chi connectivity index (χ3n) is 4.23. The van der Waals surface area contributed by atoms with Crippen molar-refractivity contribution >= 4 is 5.78 Å². The summed E-state index contributed by atoms with van der Waals surface area (Å²) in [5.41, 5.74) is -0.0593. The first-order valence-electron chi connectivity index (χ1n) is 8.59. The van der Waals surface area contributed by atoms with Gasteiger partial charge < -0.3 is 4.74 Å². The summed E-state index contributed by atoms with van der Waals surface area (Å²) in [7, 11) is 0. The third-order valence-corrected chi connectivity index (χ3v) is 4.23. The predicted octanol–water partition coefficient (Wildman–Crippen LogP) is 5.17. The maximum atomic E-state index is 11.3. The molecule has 0 amide bonds. The summed E-state index contributed by atoms with van der Waals surface area (Å²) in [4.78, 5) is 11.3. The van der Waals surface area contributed by atoms with E-state index in [9.17, 15) is 4.79 Å². The molecule has 1 saturated heterocycles. The molecule has 2 aliphatic carbocycles. The molecule has 20 heavy (non-hydrogen) atoms. The number of carbonyl (C=O) groups is 1. The van der Waals surface area contributed by atoms with Gasteiger partial charge in [0.25, 0.3) is 0 Å². The van der Waals surface area contributed by atoms with Crippen LogP contribution in [-0.4, -0.2) is 17.5 Å². The summed E-state index contributed by atoms with van der Waals surface area (Å²) in [6.45, 7) is 14.2. The van der Waals surface area contributed by atoms with E-state index in [2.05, 4.69) is 6.92 Å². The molecular weight excluding hydrogens is 248 g/mol. The van der Waals surface area contributed by atoms with Gasteiger partial charge in [-0.15, -0.1) is 0 Å². The fourth-order valence-electron chi connectivity index (χ4n) is 3.39. The van der Waals surface area contributed by atoms with Gasteiger partial charge in [0.2, 0.25) is 0 Å². The minimum absolute atomic E-state index is 0.0593. The zero-order chi connectivity index (χ0) is 15.8. The van der Waals surface area contributed by atoms with Crippen LogP contribution in [0.5, 0.6) is 0 Å². The van der Waals surface area contributed by atoms with E-state index in [1.165, 1.54) is 12.8 Å². The molecule has 4 atom stereocenters. The van der Waals surface area contributed by atoms with Crippen LogP contribution in [0.4, 0.5) is 0 Å². The smallest absolute Gasteiger partial charge is 0.155 e. The monoisotopic (exact) mass is 282 g/mol. The molecule has 2 nitrogen and oxygen atoms in total. The Morgan fingerprint density at radius 3 is 2.30 bits per heavy atom. The maximum absolute atomic E-state index is 11.3. The summed E-state index contributed by atoms with van der Waals surface area (Å²) in [5, 5.41) is 0. The molecule has 2 heteroatoms. The Morgan fingerprint density at radius 2 is 1.70 bits per heavy atom. The number of ether oxygens (including phenoxy) is 1. The van der Waals surface area contributed by atoms with E-state index in [0.717, 1.165) is 12.3 Å². The minimum atomic E-state index is -0.0593. The van der Waals surface area contributed by atoms with Crippen molar-refractivity contribution in [1.29, 1.82) is 0 Å². The van der Waals surface area contributed by atoms with Crippen molar-refractivity contribution in [3.05, 3.63) is 12.2 Å². The first-order chi connectivity index (χ1) is 9.70. The molecule has 0 aromatic heterocycles. The van der Waals surface area contributed by atoms with Crippen molar-refractivity contribution in [2.24, 2.45) is 11.8 Å². The average Bonchev–Trinajstić information content (AvgIpc) is 2.77. The van der Waals surface area contributed by atoms with Crippen molar-refractivity contribution in [1.82, 2.24) is 0 Å². The fourth-order valence-corrected chi connectivity index (χ4v) is 3.39. The topological polar surface area (TPSA) is 26.3 Å². The van der Waals surface area contributed by atoms with Crippen LogP contribution >= 0.6 is 0 Å². The van der Waals surface area contributed by atoms with Crippen molar-refractivity contribution < 1.29 is 9.53 Å². The van der Waals surface area contributed by atoms with Gasteiger partial charge in [-0.25, -0.2) is 0 Å². The Bertz CT molecular complexity index is 305. The SMILES string of the molecule is CC.CC.CC.CC1OC23C=CC(=O)CC2CCC1C3. The number of hydrogen-bond acceptors (Lipinski definition) is 2. The second kappa shape index (κ2) is 9.33. The van der Waals surface area contributed by atoms with Gasteiger partial charge in [0.1, 0.15) is 0 Å². The van der Waals surface area contributed by atoms with Crippen LogP contribution in [0.2, 0.25) is 0 Å². The van der Waals surface area contributed by atoms with Crippen molar-refractivity contribution in [3.63, 3.8) is 0 Å². The lowest BCUT2D eigenvalue weighted by molar-refractivity contribution is -0.120. The van der Waals surface area contributed by atoms with E-state index in [1.807, 2.05) is 47.6 Å². The van der Waals surface area contributed by atoms with E-state index in [0.29, 0.717) is 18.4 Å². The molecule has 4 unspecified atom stereocenters. The molecule has 1 aliphatic heterocycles. The summed E-state index contributed by atoms with van der Waals surface area (Å²) in [6.07, 6.45) is 8.42. The molecule has 1 saturated carbocycles. The van der Waals surface area contributed by atoms with Gasteiger partial charge in [-0.05, 0) is 50.2 Å². The van der Waals surface area contributed by atoms with Crippen molar-refractivity contribution in [2.45, 2.75) is 85.9 Å². The number of fused-ring (bicyclic) bond motifs is 1. The molecule has 0 N–H and O–H groups in total. The Hall–Kier alpha value is -0.630. The lowest BCUT2D eigenvalue weighted by Gasteiger charge is -2.39. The van der Waals surface area contributed by atoms with Gasteiger partial charge >= 0.3 is 0 Å². The zero-order valence-corrected chi connectivity index (χ0v) is 14.5. The summed E-state index contributed by atoms with van der Waals surface area (Å²) < 4.78 is 6.09.